The van der Waals surface area contributed by atoms with Gasteiger partial charge in [-0.25, -0.2) is 0 Å². The average Bonchev–Trinajstić information content (AvgIpc) is 3.30. The van der Waals surface area contributed by atoms with Crippen LogP contribution in [0.2, 0.25) is 0 Å². The van der Waals surface area contributed by atoms with E-state index < -0.39 is 11.9 Å². The first kappa shape index (κ1) is 15.7. The summed E-state index contributed by atoms with van der Waals surface area (Å²) in [6.07, 6.45) is 3.44. The van der Waals surface area contributed by atoms with Crippen molar-refractivity contribution in [1.29, 1.82) is 0 Å². The van der Waals surface area contributed by atoms with E-state index in [4.69, 9.17) is 0 Å². The van der Waals surface area contributed by atoms with Crippen molar-refractivity contribution in [3.63, 3.8) is 0 Å². The third kappa shape index (κ3) is 4.97. The number of ketones is 1. The normalized spacial score (nSPS) is 17.0. The van der Waals surface area contributed by atoms with Crippen LogP contribution in [0.1, 0.15) is 38.7 Å². The van der Waals surface area contributed by atoms with Gasteiger partial charge in [-0.15, -0.1) is 0 Å². The molecular weight excluding hydrogens is 264 g/mol. The Labute approximate surface area is 126 Å². The van der Waals surface area contributed by atoms with Gasteiger partial charge in [0.25, 0.3) is 5.91 Å². The maximum absolute atomic E-state index is 12.4. The third-order valence-corrected chi connectivity index (χ3v) is 3.83. The van der Waals surface area contributed by atoms with Gasteiger partial charge in [-0.1, -0.05) is 37.3 Å². The van der Waals surface area contributed by atoms with E-state index in [1.165, 1.54) is 0 Å². The van der Waals surface area contributed by atoms with Crippen LogP contribution >= 0.6 is 0 Å². The molecule has 0 heterocycles. The van der Waals surface area contributed by atoms with E-state index in [1.807, 2.05) is 37.3 Å². The Morgan fingerprint density at radius 1 is 1.24 bits per heavy atom. The fourth-order valence-electron chi connectivity index (χ4n) is 2.18. The Hall–Kier alpha value is -1.68. The summed E-state index contributed by atoms with van der Waals surface area (Å²) in [5.74, 6) is -0.805. The second kappa shape index (κ2) is 7.36. The first-order valence-electron chi connectivity index (χ1n) is 7.74. The summed E-state index contributed by atoms with van der Waals surface area (Å²) < 4.78 is 0. The Balaban J connectivity index is 2.02. The maximum Gasteiger partial charge on any atom is 0.289 e. The minimum atomic E-state index is -0.457. The van der Waals surface area contributed by atoms with E-state index in [-0.39, 0.29) is 17.9 Å². The Morgan fingerprint density at radius 2 is 1.90 bits per heavy atom. The molecular formula is C17H24N2O2. The zero-order chi connectivity index (χ0) is 15.2. The number of benzene rings is 1. The fourth-order valence-corrected chi connectivity index (χ4v) is 2.18. The maximum atomic E-state index is 12.4. The molecule has 4 nitrogen and oxygen atoms in total. The van der Waals surface area contributed by atoms with Crippen LogP contribution < -0.4 is 10.6 Å². The van der Waals surface area contributed by atoms with Crippen LogP contribution in [0.25, 0.3) is 0 Å². The fraction of sp³-hybridized carbons (Fsp3) is 0.529. The van der Waals surface area contributed by atoms with Crippen molar-refractivity contribution in [2.24, 2.45) is 0 Å². The molecule has 4 heteroatoms. The number of hydrogen-bond donors (Lipinski definition) is 2. The lowest BCUT2D eigenvalue weighted by Crippen LogP contribution is -2.49. The number of hydrogen-bond acceptors (Lipinski definition) is 3. The van der Waals surface area contributed by atoms with E-state index in [9.17, 15) is 9.59 Å². The van der Waals surface area contributed by atoms with Gasteiger partial charge in [0.05, 0.1) is 6.04 Å². The van der Waals surface area contributed by atoms with Crippen LogP contribution in [0.4, 0.5) is 0 Å². The van der Waals surface area contributed by atoms with Gasteiger partial charge in [-0.05, 0) is 38.2 Å². The summed E-state index contributed by atoms with van der Waals surface area (Å²) in [6, 6.07) is 9.77. The molecule has 114 valence electrons. The standard InChI is InChI=1S/C17H24N2O2/c1-3-12(2)18-15(11-13-7-5-4-6-8-13)16(20)17(21)19-14-9-10-14/h4-8,12,14-15,18H,3,9-11H2,1-2H3,(H,19,21). The van der Waals surface area contributed by atoms with Gasteiger partial charge in [-0.2, -0.15) is 0 Å². The highest BCUT2D eigenvalue weighted by Gasteiger charge is 2.31. The predicted molar refractivity (Wildman–Crippen MR) is 83.0 cm³/mol. The van der Waals surface area contributed by atoms with Crippen molar-refractivity contribution in [3.8, 4) is 0 Å². The van der Waals surface area contributed by atoms with Gasteiger partial charge in [0.1, 0.15) is 0 Å². The van der Waals surface area contributed by atoms with Crippen LogP contribution in [0.15, 0.2) is 30.3 Å². The van der Waals surface area contributed by atoms with Crippen molar-refractivity contribution in [2.75, 3.05) is 0 Å². The number of nitrogens with one attached hydrogen (secondary N) is 2. The topological polar surface area (TPSA) is 58.2 Å². The molecule has 1 saturated carbocycles. The van der Waals surface area contributed by atoms with Crippen molar-refractivity contribution < 1.29 is 9.59 Å². The van der Waals surface area contributed by atoms with Gasteiger partial charge >= 0.3 is 0 Å². The third-order valence-electron chi connectivity index (χ3n) is 3.83. The largest absolute Gasteiger partial charge is 0.347 e. The minimum Gasteiger partial charge on any atom is -0.347 e. The molecule has 21 heavy (non-hydrogen) atoms. The molecule has 1 fully saturated rings. The highest BCUT2D eigenvalue weighted by Crippen LogP contribution is 2.18. The molecule has 1 amide bonds. The first-order valence-corrected chi connectivity index (χ1v) is 7.74. The first-order chi connectivity index (χ1) is 10.1. The molecule has 0 bridgehead atoms. The van der Waals surface area contributed by atoms with Gasteiger partial charge in [0, 0.05) is 12.1 Å². The van der Waals surface area contributed by atoms with E-state index in [2.05, 4.69) is 17.6 Å². The van der Waals surface area contributed by atoms with Gasteiger partial charge in [0.15, 0.2) is 0 Å². The lowest BCUT2D eigenvalue weighted by Gasteiger charge is -2.21. The summed E-state index contributed by atoms with van der Waals surface area (Å²) in [5, 5.41) is 6.06. The van der Waals surface area contributed by atoms with Crippen LogP contribution in [-0.2, 0) is 16.0 Å². The van der Waals surface area contributed by atoms with Crippen LogP contribution in [0.5, 0.6) is 0 Å². The van der Waals surface area contributed by atoms with E-state index >= 15 is 0 Å². The monoisotopic (exact) mass is 288 g/mol. The SMILES string of the molecule is CCC(C)NC(Cc1ccccc1)C(=O)C(=O)NC1CC1. The lowest BCUT2D eigenvalue weighted by atomic mass is 10.0. The van der Waals surface area contributed by atoms with Crippen molar-refractivity contribution in [1.82, 2.24) is 10.6 Å². The zero-order valence-electron chi connectivity index (χ0n) is 12.8. The number of carbonyl (C=O) groups is 2. The van der Waals surface area contributed by atoms with Crippen LogP contribution in [0.3, 0.4) is 0 Å². The second-order valence-corrected chi connectivity index (χ2v) is 5.83. The molecule has 0 radical (unpaired) electrons. The van der Waals surface area contributed by atoms with Crippen molar-refractivity contribution >= 4 is 11.7 Å². The summed E-state index contributed by atoms with van der Waals surface area (Å²) >= 11 is 0. The number of rotatable bonds is 8. The molecule has 1 aliphatic carbocycles. The smallest absolute Gasteiger partial charge is 0.289 e. The molecule has 1 aromatic carbocycles. The minimum absolute atomic E-state index is 0.205. The Bertz CT molecular complexity index is 483. The summed E-state index contributed by atoms with van der Waals surface area (Å²) in [5.41, 5.74) is 1.06. The zero-order valence-corrected chi connectivity index (χ0v) is 12.8. The lowest BCUT2D eigenvalue weighted by molar-refractivity contribution is -0.139. The number of amides is 1. The van der Waals surface area contributed by atoms with Gasteiger partial charge in [0.2, 0.25) is 5.78 Å². The molecule has 2 N–H and O–H groups in total. The Morgan fingerprint density at radius 3 is 2.48 bits per heavy atom. The van der Waals surface area contributed by atoms with Gasteiger partial charge in [-0.3, -0.25) is 9.59 Å². The van der Waals surface area contributed by atoms with Crippen LogP contribution in [0, 0.1) is 0 Å². The molecule has 0 aliphatic heterocycles. The molecule has 1 aromatic rings. The van der Waals surface area contributed by atoms with E-state index in [0.717, 1.165) is 24.8 Å². The molecule has 2 atom stereocenters. The van der Waals surface area contributed by atoms with E-state index in [0.29, 0.717) is 6.42 Å². The van der Waals surface area contributed by atoms with Crippen molar-refractivity contribution in [2.45, 2.75) is 57.7 Å². The molecule has 2 unspecified atom stereocenters. The van der Waals surface area contributed by atoms with Gasteiger partial charge < -0.3 is 10.6 Å². The summed E-state index contributed by atoms with van der Waals surface area (Å²) in [4.78, 5) is 24.4. The second-order valence-electron chi connectivity index (χ2n) is 5.83. The number of carbonyl (C=O) groups excluding carboxylic acids is 2. The highest BCUT2D eigenvalue weighted by atomic mass is 16.2. The van der Waals surface area contributed by atoms with Crippen LogP contribution in [-0.4, -0.2) is 29.8 Å². The predicted octanol–water partition coefficient (Wildman–Crippen LogP) is 1.83. The molecule has 0 aromatic heterocycles. The molecule has 0 spiro atoms. The quantitative estimate of drug-likeness (QED) is 0.718. The molecule has 0 saturated heterocycles. The number of Topliss-reactive ketones (excluding diaryl/α,β-unsaturated/α-hetero) is 1. The molecule has 1 aliphatic rings. The summed E-state index contributed by atoms with van der Waals surface area (Å²) in [7, 11) is 0. The Kier molecular flexibility index (Phi) is 5.51. The molecule has 2 rings (SSSR count). The summed E-state index contributed by atoms with van der Waals surface area (Å²) in [6.45, 7) is 4.09. The average molecular weight is 288 g/mol. The highest BCUT2D eigenvalue weighted by molar-refractivity contribution is 6.38. The van der Waals surface area contributed by atoms with E-state index in [1.54, 1.807) is 0 Å². The van der Waals surface area contributed by atoms with Crippen molar-refractivity contribution in [3.05, 3.63) is 35.9 Å².